The molecule has 2 saturated heterocycles. The van der Waals surface area contributed by atoms with Crippen molar-refractivity contribution in [1.29, 1.82) is 0 Å². The standard InChI is InChI=1S/C29H34O5P2/c1-27(2,21-11-7-5-8-12-21)23-15-16-25(24(17-23)28(3,4)22-13-9-6-10-14-22)33-26-29(20-32-36-34-26)18-30-35-31-19-29/h5-17,26,35-36H,18-20H2,1-4H3. The first-order chi connectivity index (χ1) is 17.3. The van der Waals surface area contributed by atoms with Gasteiger partial charge in [-0.25, -0.2) is 0 Å². The van der Waals surface area contributed by atoms with Crippen molar-refractivity contribution in [3.63, 3.8) is 0 Å². The number of ether oxygens (including phenoxy) is 1. The lowest BCUT2D eigenvalue weighted by atomic mass is 9.73. The molecule has 2 unspecified atom stereocenters. The Balaban J connectivity index is 1.58. The normalized spacial score (nSPS) is 24.3. The lowest BCUT2D eigenvalue weighted by Crippen LogP contribution is -2.52. The number of benzene rings is 3. The lowest BCUT2D eigenvalue weighted by molar-refractivity contribution is -0.171. The van der Waals surface area contributed by atoms with E-state index in [1.165, 1.54) is 16.7 Å². The topological polar surface area (TPSA) is 46.2 Å². The molecule has 0 aliphatic carbocycles. The minimum atomic E-state index is -0.520. The Kier molecular flexibility index (Phi) is 7.52. The minimum absolute atomic E-state index is 0.0408. The van der Waals surface area contributed by atoms with Crippen LogP contribution in [0.1, 0.15) is 49.9 Å². The first-order valence-electron chi connectivity index (χ1n) is 12.3. The average Bonchev–Trinajstić information content (AvgIpc) is 2.91. The summed E-state index contributed by atoms with van der Waals surface area (Å²) in [6.45, 7) is 10.5. The minimum Gasteiger partial charge on any atom is -0.463 e. The fraction of sp³-hybridized carbons (Fsp3) is 0.379. The highest BCUT2D eigenvalue weighted by molar-refractivity contribution is 7.26. The van der Waals surface area contributed by atoms with Gasteiger partial charge in [0.1, 0.15) is 11.2 Å². The van der Waals surface area contributed by atoms with Gasteiger partial charge >= 0.3 is 0 Å². The third-order valence-corrected chi connectivity index (χ3v) is 8.61. The smallest absolute Gasteiger partial charge is 0.217 e. The first kappa shape index (κ1) is 25.8. The maximum absolute atomic E-state index is 6.71. The summed E-state index contributed by atoms with van der Waals surface area (Å²) < 4.78 is 29.8. The Labute approximate surface area is 217 Å². The second-order valence-corrected chi connectivity index (χ2v) is 12.1. The monoisotopic (exact) mass is 524 g/mol. The van der Waals surface area contributed by atoms with Crippen molar-refractivity contribution in [1.82, 2.24) is 0 Å². The molecule has 5 nitrogen and oxygen atoms in total. The maximum Gasteiger partial charge on any atom is 0.217 e. The highest BCUT2D eigenvalue weighted by atomic mass is 31.1. The zero-order valence-electron chi connectivity index (χ0n) is 21.2. The van der Waals surface area contributed by atoms with Crippen LogP contribution < -0.4 is 4.74 Å². The molecule has 1 spiro atoms. The Morgan fingerprint density at radius 3 is 1.86 bits per heavy atom. The number of hydrogen-bond donors (Lipinski definition) is 0. The predicted octanol–water partition coefficient (Wildman–Crippen LogP) is 7.14. The van der Waals surface area contributed by atoms with Gasteiger partial charge in [-0.1, -0.05) is 100 Å². The summed E-state index contributed by atoms with van der Waals surface area (Å²) in [5, 5.41) is 0. The van der Waals surface area contributed by atoms with Gasteiger partial charge in [-0.15, -0.1) is 0 Å². The average molecular weight is 525 g/mol. The summed E-state index contributed by atoms with van der Waals surface area (Å²) in [5.41, 5.74) is 3.86. The molecule has 0 bridgehead atoms. The second-order valence-electron chi connectivity index (χ2n) is 10.7. The van der Waals surface area contributed by atoms with E-state index in [0.29, 0.717) is 19.8 Å². The van der Waals surface area contributed by atoms with Crippen LogP contribution in [-0.2, 0) is 28.9 Å². The molecule has 5 rings (SSSR count). The molecule has 2 aliphatic heterocycles. The maximum atomic E-state index is 6.71. The summed E-state index contributed by atoms with van der Waals surface area (Å²) in [6, 6.07) is 27.8. The zero-order valence-corrected chi connectivity index (χ0v) is 23.2. The van der Waals surface area contributed by atoms with Crippen molar-refractivity contribution in [2.24, 2.45) is 5.41 Å². The number of hydrogen-bond acceptors (Lipinski definition) is 5. The molecule has 7 heteroatoms. The van der Waals surface area contributed by atoms with E-state index in [2.05, 4.69) is 107 Å². The van der Waals surface area contributed by atoms with Gasteiger partial charge in [-0.05, 0) is 22.8 Å². The van der Waals surface area contributed by atoms with Crippen molar-refractivity contribution in [2.75, 3.05) is 19.8 Å². The molecule has 3 aromatic carbocycles. The molecule has 2 atom stereocenters. The largest absolute Gasteiger partial charge is 0.463 e. The molecule has 190 valence electrons. The lowest BCUT2D eigenvalue weighted by Gasteiger charge is -2.44. The zero-order chi connectivity index (χ0) is 25.2. The SMILES string of the molecule is CC(C)(c1ccccc1)c1ccc(OC2OPOCC23COPOC3)c(C(C)(C)c2ccccc2)c1. The molecule has 3 aromatic rings. The van der Waals surface area contributed by atoms with Gasteiger partial charge in [-0.2, -0.15) is 0 Å². The Morgan fingerprint density at radius 1 is 0.694 bits per heavy atom. The van der Waals surface area contributed by atoms with E-state index in [9.17, 15) is 0 Å². The summed E-state index contributed by atoms with van der Waals surface area (Å²) in [4.78, 5) is 0. The Bertz CT molecular complexity index is 1150. The molecule has 36 heavy (non-hydrogen) atoms. The van der Waals surface area contributed by atoms with Crippen LogP contribution in [-0.4, -0.2) is 26.1 Å². The van der Waals surface area contributed by atoms with Gasteiger partial charge in [0, 0.05) is 16.4 Å². The van der Waals surface area contributed by atoms with E-state index in [-0.39, 0.29) is 28.9 Å². The molecule has 0 radical (unpaired) electrons. The molecular formula is C29H34O5P2. The van der Waals surface area contributed by atoms with Crippen molar-refractivity contribution in [2.45, 2.75) is 44.8 Å². The molecule has 0 N–H and O–H groups in total. The van der Waals surface area contributed by atoms with Crippen LogP contribution in [0.2, 0.25) is 0 Å². The van der Waals surface area contributed by atoms with E-state index in [4.69, 9.17) is 22.8 Å². The van der Waals surface area contributed by atoms with Crippen LogP contribution in [0, 0.1) is 5.41 Å². The summed E-state index contributed by atoms with van der Waals surface area (Å²) >= 11 is 0. The molecular weight excluding hydrogens is 490 g/mol. The highest BCUT2D eigenvalue weighted by Gasteiger charge is 2.48. The molecule has 0 amide bonds. The second kappa shape index (κ2) is 10.5. The predicted molar refractivity (Wildman–Crippen MR) is 146 cm³/mol. The van der Waals surface area contributed by atoms with Crippen LogP contribution in [0.5, 0.6) is 5.75 Å². The summed E-state index contributed by atoms with van der Waals surface area (Å²) in [5.74, 6) is 0.806. The van der Waals surface area contributed by atoms with Gasteiger partial charge in [0.2, 0.25) is 6.29 Å². The van der Waals surface area contributed by atoms with Crippen LogP contribution in [0.3, 0.4) is 0 Å². The van der Waals surface area contributed by atoms with Gasteiger partial charge in [0.25, 0.3) is 0 Å². The fourth-order valence-corrected chi connectivity index (χ4v) is 6.48. The third-order valence-electron chi connectivity index (χ3n) is 7.51. The highest BCUT2D eigenvalue weighted by Crippen LogP contribution is 2.47. The van der Waals surface area contributed by atoms with Crippen LogP contribution in [0.25, 0.3) is 0 Å². The van der Waals surface area contributed by atoms with E-state index < -0.39 is 11.7 Å². The quantitative estimate of drug-likeness (QED) is 0.321. The van der Waals surface area contributed by atoms with Crippen molar-refractivity contribution in [3.8, 4) is 5.75 Å². The molecule has 2 aliphatic rings. The molecule has 0 aromatic heterocycles. The van der Waals surface area contributed by atoms with Crippen LogP contribution >= 0.6 is 18.1 Å². The first-order valence-corrected chi connectivity index (χ1v) is 13.9. The van der Waals surface area contributed by atoms with Crippen LogP contribution in [0.4, 0.5) is 0 Å². The van der Waals surface area contributed by atoms with Crippen molar-refractivity contribution >= 4 is 18.1 Å². The summed E-state index contributed by atoms with van der Waals surface area (Å²) in [7, 11) is -0.0350. The van der Waals surface area contributed by atoms with Gasteiger partial charge in [0.15, 0.2) is 18.1 Å². The van der Waals surface area contributed by atoms with Gasteiger partial charge in [0.05, 0.1) is 19.8 Å². The fourth-order valence-electron chi connectivity index (χ4n) is 4.90. The van der Waals surface area contributed by atoms with E-state index in [1.807, 2.05) is 0 Å². The van der Waals surface area contributed by atoms with Crippen LogP contribution in [0.15, 0.2) is 78.9 Å². The Hall–Kier alpha value is -1.84. The van der Waals surface area contributed by atoms with Gasteiger partial charge in [-0.3, -0.25) is 4.52 Å². The summed E-state index contributed by atoms with van der Waals surface area (Å²) in [6.07, 6.45) is -0.520. The van der Waals surface area contributed by atoms with E-state index >= 15 is 0 Å². The Morgan fingerprint density at radius 2 is 1.25 bits per heavy atom. The van der Waals surface area contributed by atoms with Crippen molar-refractivity contribution < 1.29 is 22.8 Å². The van der Waals surface area contributed by atoms with Crippen molar-refractivity contribution in [3.05, 3.63) is 101 Å². The molecule has 0 saturated carbocycles. The number of rotatable bonds is 6. The van der Waals surface area contributed by atoms with E-state index in [1.54, 1.807) is 0 Å². The van der Waals surface area contributed by atoms with Gasteiger partial charge < -0.3 is 18.3 Å². The molecule has 2 heterocycles. The third kappa shape index (κ3) is 4.98. The molecule has 2 fully saturated rings. The van der Waals surface area contributed by atoms with E-state index in [0.717, 1.165) is 11.3 Å².